The fraction of sp³-hybridized carbons (Fsp3) is 0.458. The van der Waals surface area contributed by atoms with Crippen molar-refractivity contribution in [3.05, 3.63) is 58.1 Å². The number of rotatable bonds is 10. The Morgan fingerprint density at radius 2 is 1.79 bits per heavy atom. The van der Waals surface area contributed by atoms with Gasteiger partial charge >= 0.3 is 0 Å². The summed E-state index contributed by atoms with van der Waals surface area (Å²) in [7, 11) is 0. The zero-order chi connectivity index (χ0) is 19.8. The molecule has 0 saturated carbocycles. The van der Waals surface area contributed by atoms with Crippen LogP contribution in [-0.2, 0) is 0 Å². The predicted molar refractivity (Wildman–Crippen MR) is 119 cm³/mol. The van der Waals surface area contributed by atoms with Crippen LogP contribution in [0.5, 0.6) is 5.75 Å². The van der Waals surface area contributed by atoms with Gasteiger partial charge < -0.3 is 10.1 Å². The number of ether oxygens (including phenoxy) is 1. The van der Waals surface area contributed by atoms with E-state index < -0.39 is 0 Å². The first-order chi connectivity index (χ1) is 13.7. The number of unbranched alkanes of at least 4 members (excludes halogenated alkanes) is 6. The molecule has 28 heavy (non-hydrogen) atoms. The van der Waals surface area contributed by atoms with E-state index in [1.165, 1.54) is 38.5 Å². The Labute approximate surface area is 177 Å². The summed E-state index contributed by atoms with van der Waals surface area (Å²) in [5.41, 5.74) is 2.80. The van der Waals surface area contributed by atoms with Crippen LogP contribution in [0.15, 0.2) is 46.9 Å². The molecule has 0 saturated heterocycles. The number of hydrogen-bond acceptors (Lipinski definition) is 3. The Hall–Kier alpha value is -1.81. The Bertz CT molecular complexity index is 790. The molecule has 2 aromatic rings. The van der Waals surface area contributed by atoms with Crippen LogP contribution in [-0.4, -0.2) is 12.4 Å². The molecule has 2 aromatic carbocycles. The number of benzene rings is 2. The molecule has 0 radical (unpaired) electrons. The fourth-order valence-corrected chi connectivity index (χ4v) is 4.19. The highest BCUT2D eigenvalue weighted by molar-refractivity contribution is 9.10. The van der Waals surface area contributed by atoms with Crippen molar-refractivity contribution in [1.29, 1.82) is 0 Å². The highest BCUT2D eigenvalue weighted by atomic mass is 79.9. The second kappa shape index (κ2) is 10.7. The summed E-state index contributed by atoms with van der Waals surface area (Å²) in [5, 5.41) is 3.49. The number of carbonyl (C=O) groups is 1. The first-order valence-electron chi connectivity index (χ1n) is 10.5. The maximum absolute atomic E-state index is 12.4. The van der Waals surface area contributed by atoms with E-state index in [1.54, 1.807) is 0 Å². The smallest absolute Gasteiger partial charge is 0.167 e. The van der Waals surface area contributed by atoms with Crippen LogP contribution < -0.4 is 10.1 Å². The Morgan fingerprint density at radius 3 is 2.57 bits per heavy atom. The molecule has 1 unspecified atom stereocenters. The lowest BCUT2D eigenvalue weighted by atomic mass is 9.92. The lowest BCUT2D eigenvalue weighted by Crippen LogP contribution is -2.22. The fourth-order valence-electron chi connectivity index (χ4n) is 3.68. The number of hydrogen-bond donors (Lipinski definition) is 1. The van der Waals surface area contributed by atoms with Gasteiger partial charge in [0.25, 0.3) is 0 Å². The second-order valence-electron chi connectivity index (χ2n) is 7.53. The van der Waals surface area contributed by atoms with Gasteiger partial charge in [0.1, 0.15) is 5.75 Å². The number of fused-ring (bicyclic) bond motifs is 1. The molecule has 4 heteroatoms. The lowest BCUT2D eigenvalue weighted by molar-refractivity contribution is 0.0972. The summed E-state index contributed by atoms with van der Waals surface area (Å²) in [4.78, 5) is 12.4. The van der Waals surface area contributed by atoms with Crippen LogP contribution >= 0.6 is 15.9 Å². The van der Waals surface area contributed by atoms with Crippen LogP contribution in [0.1, 0.15) is 80.3 Å². The Morgan fingerprint density at radius 1 is 1.04 bits per heavy atom. The van der Waals surface area contributed by atoms with Gasteiger partial charge in [-0.15, -0.1) is 0 Å². The van der Waals surface area contributed by atoms with Gasteiger partial charge in [-0.3, -0.25) is 4.79 Å². The SMILES string of the molecule is CCCCCCCCCOc1ccc(C2CC(=O)c3ccccc3N2)cc1Br. The largest absolute Gasteiger partial charge is 0.492 e. The highest BCUT2D eigenvalue weighted by Gasteiger charge is 2.25. The van der Waals surface area contributed by atoms with Crippen molar-refractivity contribution in [2.24, 2.45) is 0 Å². The number of ketones is 1. The maximum atomic E-state index is 12.4. The van der Waals surface area contributed by atoms with Crippen molar-refractivity contribution >= 4 is 27.4 Å². The van der Waals surface area contributed by atoms with Crippen molar-refractivity contribution in [3.8, 4) is 5.75 Å². The molecule has 0 spiro atoms. The average Bonchev–Trinajstić information content (AvgIpc) is 2.71. The van der Waals surface area contributed by atoms with Crippen LogP contribution in [0.4, 0.5) is 5.69 Å². The number of para-hydroxylation sites is 1. The van der Waals surface area contributed by atoms with E-state index in [4.69, 9.17) is 4.74 Å². The molecule has 1 atom stereocenters. The van der Waals surface area contributed by atoms with Crippen molar-refractivity contribution in [2.75, 3.05) is 11.9 Å². The van der Waals surface area contributed by atoms with Gasteiger partial charge in [0.2, 0.25) is 0 Å². The summed E-state index contributed by atoms with van der Waals surface area (Å²) in [6.45, 7) is 3.00. The van der Waals surface area contributed by atoms with E-state index >= 15 is 0 Å². The number of nitrogens with one attached hydrogen (secondary N) is 1. The van der Waals surface area contributed by atoms with Crippen LogP contribution in [0.25, 0.3) is 0 Å². The van der Waals surface area contributed by atoms with Crippen LogP contribution in [0.3, 0.4) is 0 Å². The summed E-state index contributed by atoms with van der Waals surface area (Å²) >= 11 is 3.63. The molecule has 3 nitrogen and oxygen atoms in total. The zero-order valence-corrected chi connectivity index (χ0v) is 18.3. The minimum atomic E-state index is -0.00382. The van der Waals surface area contributed by atoms with Crippen molar-refractivity contribution in [3.63, 3.8) is 0 Å². The summed E-state index contributed by atoms with van der Waals surface area (Å²) in [5.74, 6) is 1.06. The van der Waals surface area contributed by atoms with Gasteiger partial charge in [-0.2, -0.15) is 0 Å². The molecule has 150 valence electrons. The minimum absolute atomic E-state index is 0.00382. The number of anilines is 1. The first kappa shape index (κ1) is 20.9. The molecule has 1 heterocycles. The second-order valence-corrected chi connectivity index (χ2v) is 8.38. The van der Waals surface area contributed by atoms with E-state index in [0.717, 1.165) is 40.1 Å². The van der Waals surface area contributed by atoms with Gasteiger partial charge in [-0.1, -0.05) is 63.6 Å². The molecule has 1 aliphatic heterocycles. The van der Waals surface area contributed by atoms with Crippen molar-refractivity contribution in [2.45, 2.75) is 64.3 Å². The van der Waals surface area contributed by atoms with Gasteiger partial charge in [0.05, 0.1) is 17.1 Å². The van der Waals surface area contributed by atoms with E-state index in [0.29, 0.717) is 6.42 Å². The normalized spacial score (nSPS) is 15.8. The summed E-state index contributed by atoms with van der Waals surface area (Å²) in [6.07, 6.45) is 9.43. The maximum Gasteiger partial charge on any atom is 0.167 e. The van der Waals surface area contributed by atoms with Crippen LogP contribution in [0.2, 0.25) is 0 Å². The minimum Gasteiger partial charge on any atom is -0.492 e. The summed E-state index contributed by atoms with van der Waals surface area (Å²) < 4.78 is 6.90. The van der Waals surface area contributed by atoms with Gasteiger partial charge in [0.15, 0.2) is 5.78 Å². The molecule has 1 aliphatic rings. The van der Waals surface area contributed by atoms with E-state index in [1.807, 2.05) is 30.3 Å². The average molecular weight is 444 g/mol. The molecule has 0 amide bonds. The quantitative estimate of drug-likeness (QED) is 0.390. The Kier molecular flexibility index (Phi) is 7.96. The van der Waals surface area contributed by atoms with E-state index in [-0.39, 0.29) is 11.8 Å². The molecular formula is C24H30BrNO2. The Balaban J connectivity index is 1.50. The first-order valence-corrected chi connectivity index (χ1v) is 11.3. The molecule has 0 aromatic heterocycles. The molecule has 3 rings (SSSR count). The monoisotopic (exact) mass is 443 g/mol. The topological polar surface area (TPSA) is 38.3 Å². The van der Waals surface area contributed by atoms with E-state index in [9.17, 15) is 4.79 Å². The highest BCUT2D eigenvalue weighted by Crippen LogP contribution is 2.35. The standard InChI is InChI=1S/C24H30BrNO2/c1-2-3-4-5-6-7-10-15-28-24-14-13-18(16-20(24)25)22-17-23(27)19-11-8-9-12-21(19)26-22/h8-9,11-14,16,22,26H,2-7,10,15,17H2,1H3. The zero-order valence-electron chi connectivity index (χ0n) is 16.7. The third kappa shape index (κ3) is 5.60. The number of carbonyl (C=O) groups excluding carboxylic acids is 1. The molecule has 1 N–H and O–H groups in total. The predicted octanol–water partition coefficient (Wildman–Crippen LogP) is 7.32. The third-order valence-electron chi connectivity index (χ3n) is 5.31. The lowest BCUT2D eigenvalue weighted by Gasteiger charge is -2.26. The molecule has 0 bridgehead atoms. The molecule has 0 aliphatic carbocycles. The van der Waals surface area contributed by atoms with Gasteiger partial charge in [0, 0.05) is 17.7 Å². The molecule has 0 fully saturated rings. The van der Waals surface area contributed by atoms with Crippen molar-refractivity contribution in [1.82, 2.24) is 0 Å². The van der Waals surface area contributed by atoms with E-state index in [2.05, 4.69) is 40.3 Å². The van der Waals surface area contributed by atoms with Gasteiger partial charge in [-0.25, -0.2) is 0 Å². The molecular weight excluding hydrogens is 414 g/mol. The summed E-state index contributed by atoms with van der Waals surface area (Å²) in [6, 6.07) is 13.8. The number of halogens is 1. The van der Waals surface area contributed by atoms with Gasteiger partial charge in [-0.05, 0) is 52.2 Å². The third-order valence-corrected chi connectivity index (χ3v) is 5.93. The van der Waals surface area contributed by atoms with Crippen molar-refractivity contribution < 1.29 is 9.53 Å². The van der Waals surface area contributed by atoms with Crippen LogP contribution in [0, 0.1) is 0 Å². The number of Topliss-reactive ketones (excluding diaryl/α,β-unsaturated/α-hetero) is 1.